The van der Waals surface area contributed by atoms with Crippen LogP contribution in [0.1, 0.15) is 16.1 Å². The van der Waals surface area contributed by atoms with Crippen LogP contribution >= 0.6 is 11.3 Å². The number of ether oxygens (including phenoxy) is 1. The molecule has 0 aliphatic rings. The highest BCUT2D eigenvalue weighted by molar-refractivity contribution is 7.21. The Labute approximate surface area is 164 Å². The highest BCUT2D eigenvalue weighted by atomic mass is 32.1. The Bertz CT molecular complexity index is 1090. The number of furan rings is 1. The highest BCUT2D eigenvalue weighted by Crippen LogP contribution is 2.32. The lowest BCUT2D eigenvalue weighted by Crippen LogP contribution is -2.28. The van der Waals surface area contributed by atoms with Crippen molar-refractivity contribution in [1.82, 2.24) is 10.3 Å². The number of aromatic nitrogens is 1. The quantitative estimate of drug-likeness (QED) is 0.501. The van der Waals surface area contributed by atoms with Crippen LogP contribution in [-0.4, -0.2) is 23.5 Å². The van der Waals surface area contributed by atoms with Crippen molar-refractivity contribution in [2.75, 3.05) is 6.61 Å². The molecule has 0 saturated heterocycles. The fraction of sp³-hybridized carbons (Fsp3) is 0.0952. The van der Waals surface area contributed by atoms with E-state index in [0.717, 1.165) is 15.2 Å². The molecule has 28 heavy (non-hydrogen) atoms. The van der Waals surface area contributed by atoms with Gasteiger partial charge in [0.05, 0.1) is 28.6 Å². The van der Waals surface area contributed by atoms with Crippen LogP contribution in [-0.2, 0) is 16.1 Å². The zero-order valence-electron chi connectivity index (χ0n) is 14.8. The van der Waals surface area contributed by atoms with Crippen LogP contribution in [0.4, 0.5) is 0 Å². The monoisotopic (exact) mass is 392 g/mol. The maximum Gasteiger partial charge on any atom is 0.339 e. The van der Waals surface area contributed by atoms with Crippen molar-refractivity contribution < 1.29 is 18.7 Å². The number of carbonyl (C=O) groups is 2. The van der Waals surface area contributed by atoms with Crippen molar-refractivity contribution in [3.05, 3.63) is 78.3 Å². The minimum Gasteiger partial charge on any atom is -0.467 e. The van der Waals surface area contributed by atoms with E-state index in [2.05, 4.69) is 10.3 Å². The minimum absolute atomic E-state index is 0.242. The Morgan fingerprint density at radius 2 is 1.86 bits per heavy atom. The van der Waals surface area contributed by atoms with E-state index in [1.54, 1.807) is 24.3 Å². The van der Waals surface area contributed by atoms with E-state index < -0.39 is 11.9 Å². The third kappa shape index (κ3) is 3.94. The second-order valence-corrected chi connectivity index (χ2v) is 7.00. The molecule has 0 spiro atoms. The summed E-state index contributed by atoms with van der Waals surface area (Å²) in [5, 5.41) is 3.37. The van der Waals surface area contributed by atoms with Crippen molar-refractivity contribution in [3.63, 3.8) is 0 Å². The summed E-state index contributed by atoms with van der Waals surface area (Å²) in [6.07, 6.45) is 1.53. The van der Waals surface area contributed by atoms with Crippen LogP contribution in [0.25, 0.3) is 20.8 Å². The lowest BCUT2D eigenvalue weighted by Gasteiger charge is -2.08. The van der Waals surface area contributed by atoms with Crippen LogP contribution in [0.2, 0.25) is 0 Å². The highest BCUT2D eigenvalue weighted by Gasteiger charge is 2.17. The number of rotatable bonds is 6. The first-order valence-corrected chi connectivity index (χ1v) is 9.43. The molecule has 1 amide bonds. The summed E-state index contributed by atoms with van der Waals surface area (Å²) in [6.45, 7) is -0.126. The van der Waals surface area contributed by atoms with E-state index in [1.165, 1.54) is 17.6 Å². The van der Waals surface area contributed by atoms with Crippen molar-refractivity contribution in [2.24, 2.45) is 0 Å². The number of benzene rings is 2. The smallest absolute Gasteiger partial charge is 0.339 e. The molecule has 0 aliphatic carbocycles. The number of fused-ring (bicyclic) bond motifs is 1. The molecular weight excluding hydrogens is 376 g/mol. The molecule has 140 valence electrons. The average molecular weight is 392 g/mol. The van der Waals surface area contributed by atoms with Crippen molar-refractivity contribution >= 4 is 33.4 Å². The molecule has 0 fully saturated rings. The molecule has 0 saturated carbocycles. The van der Waals surface area contributed by atoms with Gasteiger partial charge in [0.2, 0.25) is 0 Å². The maximum atomic E-state index is 12.5. The molecule has 2 aromatic heterocycles. The minimum atomic E-state index is -0.567. The fourth-order valence-electron chi connectivity index (χ4n) is 2.69. The van der Waals surface area contributed by atoms with Gasteiger partial charge < -0.3 is 14.5 Å². The summed E-state index contributed by atoms with van der Waals surface area (Å²) in [6, 6.07) is 18.4. The van der Waals surface area contributed by atoms with E-state index in [1.807, 2.05) is 36.4 Å². The van der Waals surface area contributed by atoms with Crippen LogP contribution in [0.5, 0.6) is 0 Å². The summed E-state index contributed by atoms with van der Waals surface area (Å²) in [5.41, 5.74) is 1.94. The number of esters is 1. The van der Waals surface area contributed by atoms with E-state index >= 15 is 0 Å². The van der Waals surface area contributed by atoms with Gasteiger partial charge in [0.15, 0.2) is 6.61 Å². The molecule has 0 radical (unpaired) electrons. The van der Waals surface area contributed by atoms with Crippen molar-refractivity contribution in [3.8, 4) is 10.6 Å². The molecule has 2 heterocycles. The van der Waals surface area contributed by atoms with Gasteiger partial charge in [-0.15, -0.1) is 11.3 Å². The predicted molar refractivity (Wildman–Crippen MR) is 106 cm³/mol. The van der Waals surface area contributed by atoms with Gasteiger partial charge in [-0.25, -0.2) is 9.78 Å². The first kappa shape index (κ1) is 17.9. The first-order chi connectivity index (χ1) is 13.7. The number of thiazole rings is 1. The van der Waals surface area contributed by atoms with E-state index in [4.69, 9.17) is 9.15 Å². The van der Waals surface area contributed by atoms with Crippen molar-refractivity contribution in [2.45, 2.75) is 6.54 Å². The number of hydrogen-bond acceptors (Lipinski definition) is 6. The molecule has 2 aromatic carbocycles. The predicted octanol–water partition coefficient (Wildman–Crippen LogP) is 4.03. The van der Waals surface area contributed by atoms with Crippen LogP contribution < -0.4 is 5.32 Å². The summed E-state index contributed by atoms with van der Waals surface area (Å²) in [5.74, 6) is -0.342. The summed E-state index contributed by atoms with van der Waals surface area (Å²) < 4.78 is 11.4. The van der Waals surface area contributed by atoms with Crippen LogP contribution in [0, 0.1) is 0 Å². The molecule has 0 bridgehead atoms. The zero-order chi connectivity index (χ0) is 19.3. The van der Waals surface area contributed by atoms with Crippen molar-refractivity contribution in [1.29, 1.82) is 0 Å². The van der Waals surface area contributed by atoms with E-state index in [0.29, 0.717) is 16.9 Å². The third-order valence-corrected chi connectivity index (χ3v) is 5.12. The molecule has 1 N–H and O–H groups in total. The molecule has 0 unspecified atom stereocenters. The van der Waals surface area contributed by atoms with Gasteiger partial charge in [-0.3, -0.25) is 4.79 Å². The number of carbonyl (C=O) groups excluding carboxylic acids is 2. The molecule has 6 nitrogen and oxygen atoms in total. The second kappa shape index (κ2) is 8.06. The Morgan fingerprint density at radius 3 is 2.68 bits per heavy atom. The Morgan fingerprint density at radius 1 is 1.04 bits per heavy atom. The number of para-hydroxylation sites is 1. The Balaban J connectivity index is 1.45. The lowest BCUT2D eigenvalue weighted by molar-refractivity contribution is -0.124. The molecule has 7 heteroatoms. The van der Waals surface area contributed by atoms with Gasteiger partial charge in [-0.05, 0) is 30.3 Å². The number of amides is 1. The van der Waals surface area contributed by atoms with Gasteiger partial charge in [0, 0.05) is 5.56 Å². The van der Waals surface area contributed by atoms with Gasteiger partial charge in [-0.1, -0.05) is 30.3 Å². The van der Waals surface area contributed by atoms with E-state index in [-0.39, 0.29) is 13.2 Å². The largest absolute Gasteiger partial charge is 0.467 e. The van der Waals surface area contributed by atoms with E-state index in [9.17, 15) is 9.59 Å². The van der Waals surface area contributed by atoms with Crippen LogP contribution in [0.3, 0.4) is 0 Å². The van der Waals surface area contributed by atoms with Crippen LogP contribution in [0.15, 0.2) is 71.3 Å². The Hall–Kier alpha value is -3.45. The molecule has 0 aliphatic heterocycles. The number of nitrogens with one attached hydrogen (secondary N) is 1. The first-order valence-electron chi connectivity index (χ1n) is 8.62. The molecule has 4 rings (SSSR count). The maximum absolute atomic E-state index is 12.5. The van der Waals surface area contributed by atoms with Gasteiger partial charge in [0.1, 0.15) is 10.8 Å². The van der Waals surface area contributed by atoms with Gasteiger partial charge in [-0.2, -0.15) is 0 Å². The zero-order valence-corrected chi connectivity index (χ0v) is 15.6. The Kier molecular flexibility index (Phi) is 5.16. The molecule has 0 atom stereocenters. The average Bonchev–Trinajstić information content (AvgIpc) is 3.40. The molecular formula is C21H16N2O4S. The third-order valence-electron chi connectivity index (χ3n) is 4.05. The number of hydrogen-bond donors (Lipinski definition) is 1. The summed E-state index contributed by atoms with van der Waals surface area (Å²) in [7, 11) is 0. The SMILES string of the molecule is O=C(COC(=O)c1ccccc1-c1nc2ccccc2s1)NCc1ccco1. The number of nitrogens with zero attached hydrogens (tertiary/aromatic N) is 1. The molecule has 4 aromatic rings. The summed E-state index contributed by atoms with van der Waals surface area (Å²) >= 11 is 1.50. The van der Waals surface area contributed by atoms with Gasteiger partial charge in [0.25, 0.3) is 5.91 Å². The normalized spacial score (nSPS) is 10.7. The standard InChI is InChI=1S/C21H16N2O4S/c24-19(22-12-14-6-5-11-26-14)13-27-21(25)16-8-2-1-7-15(16)20-23-17-9-3-4-10-18(17)28-20/h1-11H,12-13H2,(H,22,24). The summed E-state index contributed by atoms with van der Waals surface area (Å²) in [4.78, 5) is 29.1. The lowest BCUT2D eigenvalue weighted by atomic mass is 10.1. The van der Waals surface area contributed by atoms with Gasteiger partial charge >= 0.3 is 5.97 Å². The topological polar surface area (TPSA) is 81.4 Å². The second-order valence-electron chi connectivity index (χ2n) is 5.96. The fourth-order valence-corrected chi connectivity index (χ4v) is 3.70.